The lowest BCUT2D eigenvalue weighted by atomic mass is 9.87. The lowest BCUT2D eigenvalue weighted by molar-refractivity contribution is -0.120. The number of phenols is 1. The van der Waals surface area contributed by atoms with Crippen molar-refractivity contribution in [2.45, 2.75) is 242 Å². The predicted octanol–water partition coefficient (Wildman–Crippen LogP) is 14.0. The van der Waals surface area contributed by atoms with Gasteiger partial charge in [-0.25, -0.2) is 18.6 Å². The van der Waals surface area contributed by atoms with Crippen molar-refractivity contribution in [1.82, 2.24) is 70.4 Å². The molecule has 0 aliphatic carbocycles. The maximum Gasteiger partial charge on any atom is 0.438 e. The summed E-state index contributed by atoms with van der Waals surface area (Å²) in [5.41, 5.74) is 3.75. The minimum absolute atomic E-state index is 0.00694. The summed E-state index contributed by atoms with van der Waals surface area (Å²) in [5.74, 6) is -1.37. The molecule has 1 aromatic carbocycles. The third kappa shape index (κ3) is 28.9. The number of hydrogen-bond donors (Lipinski definition) is 8. The monoisotopic (exact) mass is 1350 g/mol. The number of aryl methyl sites for hydroxylation is 1. The number of rotatable bonds is 0. The van der Waals surface area contributed by atoms with Gasteiger partial charge in [0, 0.05) is 56.0 Å². The first-order valence-corrected chi connectivity index (χ1v) is 31.4. The Hall–Kier alpha value is -8.56. The van der Waals surface area contributed by atoms with Crippen molar-refractivity contribution in [3.8, 4) is 5.75 Å². The Morgan fingerprint density at radius 3 is 1.29 bits per heavy atom. The lowest BCUT2D eigenvalue weighted by Gasteiger charge is -2.21. The fourth-order valence-electron chi connectivity index (χ4n) is 7.49. The first kappa shape index (κ1) is 84.5. The van der Waals surface area contributed by atoms with E-state index in [0.717, 1.165) is 66.8 Å². The van der Waals surface area contributed by atoms with Gasteiger partial charge in [-0.3, -0.25) is 29.2 Å². The number of imidazole rings is 1. The highest BCUT2D eigenvalue weighted by molar-refractivity contribution is 8.15. The molecule has 8 aromatic rings. The van der Waals surface area contributed by atoms with Crippen molar-refractivity contribution in [3.05, 3.63) is 164 Å². The molecule has 8 heterocycles. The third-order valence-electron chi connectivity index (χ3n) is 12.9. The standard InChI is InChI=1S/C10H12F2O.C10H14O2.C8H13NO.3C7H12N2O.C7H11NO2S.C6H10N2O2.C5H10N4/c1-10(2,3)6-4-7(11)9(13)8(12)5-6;1-7-5-12-6-8(9(7)11)10(2,3)4;1-8(2,3)7-5-4-6-9(7)10;1-7(2,3)6-8-4-5-9(6)10;2*1-7(2,3)6-4-5-8-9(6)10;1-7(2,3)4-5(9)8-6(10)11-4;1-6(2,3)4-7-5(9)10-8-4;1-5(2,3)4-6-8-9-7-4/h4-5,13H,1-3H3;5-6H,1-4H3;4-6,10H,1-3H3;3*4-5,10H,1-3H3;4H,1-3H3,(H,8,9,10);1-3H3,(H,7,8,9);1-3H3,(H,6,7,8,9). The van der Waals surface area contributed by atoms with Crippen LogP contribution in [0.25, 0.3) is 0 Å². The van der Waals surface area contributed by atoms with Gasteiger partial charge in [-0.15, -0.1) is 30.1 Å². The highest BCUT2D eigenvalue weighted by atomic mass is 32.2. The zero-order valence-corrected chi connectivity index (χ0v) is 61.7. The molecule has 1 unspecified atom stereocenters. The van der Waals surface area contributed by atoms with Crippen LogP contribution in [0.1, 0.15) is 238 Å². The van der Waals surface area contributed by atoms with Crippen LogP contribution in [0.5, 0.6) is 5.75 Å². The van der Waals surface area contributed by atoms with Crippen LogP contribution in [0.3, 0.4) is 0 Å². The molecule has 8 N–H and O–H groups in total. The summed E-state index contributed by atoms with van der Waals surface area (Å²) in [4.78, 5) is 52.1. The Balaban J connectivity index is 0.000000535. The fraction of sp³-hybridized carbons (Fsp3) is 0.567. The molecule has 1 aliphatic rings. The number of phenolic OH excluding ortho intramolecular Hbond substituents is 1. The van der Waals surface area contributed by atoms with Crippen LogP contribution in [0.2, 0.25) is 0 Å². The predicted molar refractivity (Wildman–Crippen MR) is 363 cm³/mol. The van der Waals surface area contributed by atoms with Crippen LogP contribution in [0.4, 0.5) is 13.6 Å². The number of nitrogens with one attached hydrogen (secondary N) is 3. The number of imide groups is 1. The van der Waals surface area contributed by atoms with Crippen molar-refractivity contribution < 1.29 is 53.2 Å². The maximum atomic E-state index is 12.9. The van der Waals surface area contributed by atoms with Crippen LogP contribution < -0.4 is 16.5 Å². The van der Waals surface area contributed by atoms with E-state index in [-0.39, 0.29) is 70.6 Å². The molecule has 1 saturated heterocycles. The van der Waals surface area contributed by atoms with Crippen molar-refractivity contribution in [2.24, 2.45) is 5.41 Å². The topological polar surface area (TPSA) is 349 Å². The first-order chi connectivity index (χ1) is 42.8. The second-order valence-corrected chi connectivity index (χ2v) is 32.5. The van der Waals surface area contributed by atoms with Crippen molar-refractivity contribution in [1.29, 1.82) is 0 Å². The molecule has 95 heavy (non-hydrogen) atoms. The molecule has 530 valence electrons. The summed E-state index contributed by atoms with van der Waals surface area (Å²) >= 11 is 1.08. The number of carbonyl (C=O) groups is 2. The largest absolute Gasteiger partial charge is 0.503 e. The number of H-pyrrole nitrogens is 2. The summed E-state index contributed by atoms with van der Waals surface area (Å²) in [6.07, 6.45) is 10.9. The molecule has 0 saturated carbocycles. The van der Waals surface area contributed by atoms with E-state index in [9.17, 15) is 33.2 Å². The van der Waals surface area contributed by atoms with Gasteiger partial charge in [0.2, 0.25) is 5.91 Å². The Morgan fingerprint density at radius 2 is 1.07 bits per heavy atom. The Morgan fingerprint density at radius 1 is 0.579 bits per heavy atom. The molecule has 28 heteroatoms. The molecule has 1 aliphatic heterocycles. The van der Waals surface area contributed by atoms with E-state index >= 15 is 0 Å². The summed E-state index contributed by atoms with van der Waals surface area (Å²) in [6.45, 7) is 55.4. The van der Waals surface area contributed by atoms with E-state index in [4.69, 9.17) is 25.1 Å². The van der Waals surface area contributed by atoms with Gasteiger partial charge in [0.15, 0.2) is 34.5 Å². The van der Waals surface area contributed by atoms with E-state index in [2.05, 4.69) is 76.6 Å². The van der Waals surface area contributed by atoms with Gasteiger partial charge in [0.05, 0.1) is 53.4 Å². The first-order valence-electron chi connectivity index (χ1n) is 30.5. The molecule has 1 fully saturated rings. The second kappa shape index (κ2) is 33.7. The summed E-state index contributed by atoms with van der Waals surface area (Å²) in [6, 6.07) is 9.66. The average Bonchev–Trinajstić information content (AvgIpc) is 1.83. The number of aromatic nitrogens is 13. The Labute approximate surface area is 561 Å². The molecule has 25 nitrogen and oxygen atoms in total. The number of aromatic amines is 2. The molecule has 0 bridgehead atoms. The quantitative estimate of drug-likeness (QED) is 0.0654. The smallest absolute Gasteiger partial charge is 0.438 e. The van der Waals surface area contributed by atoms with E-state index in [1.54, 1.807) is 43.8 Å². The molecule has 0 spiro atoms. The lowest BCUT2D eigenvalue weighted by Crippen LogP contribution is -2.33. The summed E-state index contributed by atoms with van der Waals surface area (Å²) in [7, 11) is 0. The average molecular weight is 1350 g/mol. The normalized spacial score (nSPS) is 13.4. The van der Waals surface area contributed by atoms with E-state index in [1.807, 2.05) is 178 Å². The number of thioether (sulfide) groups is 1. The van der Waals surface area contributed by atoms with Gasteiger partial charge in [0.25, 0.3) is 5.24 Å². The van der Waals surface area contributed by atoms with Gasteiger partial charge in [-0.1, -0.05) is 209 Å². The van der Waals surface area contributed by atoms with Crippen molar-refractivity contribution in [2.75, 3.05) is 0 Å². The molecule has 0 radical (unpaired) electrons. The van der Waals surface area contributed by atoms with Crippen LogP contribution in [-0.2, 0) is 48.1 Å². The minimum Gasteiger partial charge on any atom is -0.503 e. The zero-order chi connectivity index (χ0) is 74.0. The van der Waals surface area contributed by atoms with Crippen LogP contribution in [0, 0.1) is 24.0 Å². The zero-order valence-electron chi connectivity index (χ0n) is 60.9. The number of benzene rings is 1. The number of halogens is 2. The van der Waals surface area contributed by atoms with Gasteiger partial charge in [-0.05, 0) is 65.1 Å². The Kier molecular flexibility index (Phi) is 30.0. The number of hydrogen-bond acceptors (Lipinski definition) is 19. The third-order valence-corrected chi connectivity index (χ3v) is 14.4. The van der Waals surface area contributed by atoms with E-state index in [1.165, 1.54) is 23.5 Å². The number of tetrazole rings is 1. The van der Waals surface area contributed by atoms with E-state index in [0.29, 0.717) is 22.8 Å². The summed E-state index contributed by atoms with van der Waals surface area (Å²) in [5, 5.41) is 71.6. The maximum absolute atomic E-state index is 12.9. The number of nitrogens with zero attached hydrogens (tertiary/aromatic N) is 11. The van der Waals surface area contributed by atoms with Crippen LogP contribution in [0.15, 0.2) is 98.4 Å². The minimum atomic E-state index is -0.912. The van der Waals surface area contributed by atoms with Gasteiger partial charge >= 0.3 is 5.76 Å². The molecule has 2 amide bonds. The van der Waals surface area contributed by atoms with Crippen LogP contribution >= 0.6 is 11.8 Å². The fourth-order valence-corrected chi connectivity index (χ4v) is 8.38. The van der Waals surface area contributed by atoms with Crippen LogP contribution in [-0.4, -0.2) is 107 Å². The molecule has 7 aromatic heterocycles. The molecular formula is C67H106F2N14O11S. The molecule has 9 rings (SSSR count). The highest BCUT2D eigenvalue weighted by Gasteiger charge is 2.40. The number of aromatic hydroxyl groups is 1. The number of carbonyl (C=O) groups excluding carboxylic acids is 2. The van der Waals surface area contributed by atoms with E-state index < -0.39 is 23.1 Å². The number of amides is 2. The molecular weight excluding hydrogens is 1250 g/mol. The SMILES string of the molecule is CC(C)(C)C1SC(=O)NC1=O.CC(C)(C)c1cc(F)c(O)c(F)c1.CC(C)(C)c1cccn1O.CC(C)(C)c1ccnn1O.CC(C)(C)c1ccnn1O.CC(C)(C)c1nccn1O.CC(C)(C)c1nn[nH]n1.CC(C)(C)c1noc(=O)[nH]1.Cc1cocc(C(C)(C)C)c1=O. The van der Waals surface area contributed by atoms with Crippen molar-refractivity contribution in [3.63, 3.8) is 0 Å². The highest BCUT2D eigenvalue weighted by Crippen LogP contribution is 2.34. The van der Waals surface area contributed by atoms with Gasteiger partial charge in [0.1, 0.15) is 5.82 Å². The second-order valence-electron chi connectivity index (χ2n) is 31.5. The van der Waals surface area contributed by atoms with Gasteiger partial charge in [-0.2, -0.15) is 14.7 Å². The van der Waals surface area contributed by atoms with Crippen molar-refractivity contribution >= 4 is 22.9 Å². The van der Waals surface area contributed by atoms with Gasteiger partial charge < -0.3 is 30.4 Å². The summed E-state index contributed by atoms with van der Waals surface area (Å²) < 4.78 is 37.4. The Bertz CT molecular complexity index is 3510. The molecule has 1 atom stereocenters.